The lowest BCUT2D eigenvalue weighted by molar-refractivity contribution is 0.417. The van der Waals surface area contributed by atoms with Crippen LogP contribution in [0.2, 0.25) is 0 Å². The SMILES string of the molecule is NC1CCCc2c(Br)nc(-c3cccc(F)c3)n21. The van der Waals surface area contributed by atoms with Crippen molar-refractivity contribution in [2.45, 2.75) is 25.4 Å². The summed E-state index contributed by atoms with van der Waals surface area (Å²) >= 11 is 3.46. The molecule has 0 bridgehead atoms. The third kappa shape index (κ3) is 1.87. The van der Waals surface area contributed by atoms with Crippen LogP contribution < -0.4 is 5.73 Å². The maximum Gasteiger partial charge on any atom is 0.142 e. The third-order valence-corrected chi connectivity index (χ3v) is 3.92. The smallest absolute Gasteiger partial charge is 0.142 e. The summed E-state index contributed by atoms with van der Waals surface area (Å²) in [4.78, 5) is 4.49. The molecule has 0 amide bonds. The fourth-order valence-electron chi connectivity index (χ4n) is 2.46. The number of hydrogen-bond acceptors (Lipinski definition) is 2. The molecule has 94 valence electrons. The predicted molar refractivity (Wildman–Crippen MR) is 71.5 cm³/mol. The monoisotopic (exact) mass is 309 g/mol. The summed E-state index contributed by atoms with van der Waals surface area (Å²) in [5, 5.41) is 0. The van der Waals surface area contributed by atoms with Gasteiger partial charge in [-0.15, -0.1) is 0 Å². The van der Waals surface area contributed by atoms with E-state index < -0.39 is 0 Å². The summed E-state index contributed by atoms with van der Waals surface area (Å²) in [6, 6.07) is 6.46. The first kappa shape index (κ1) is 11.9. The number of rotatable bonds is 1. The Hall–Kier alpha value is -1.20. The molecule has 2 heterocycles. The molecule has 3 nitrogen and oxygen atoms in total. The Bertz CT molecular complexity index is 594. The van der Waals surface area contributed by atoms with Gasteiger partial charge in [-0.3, -0.25) is 0 Å². The number of nitrogens with two attached hydrogens (primary N) is 1. The second kappa shape index (κ2) is 4.48. The van der Waals surface area contributed by atoms with Crippen molar-refractivity contribution in [3.8, 4) is 11.4 Å². The van der Waals surface area contributed by atoms with Crippen molar-refractivity contribution < 1.29 is 4.39 Å². The normalized spacial score (nSPS) is 18.7. The molecule has 0 fully saturated rings. The highest BCUT2D eigenvalue weighted by molar-refractivity contribution is 9.10. The molecule has 0 radical (unpaired) electrons. The van der Waals surface area contributed by atoms with Crippen LogP contribution in [0, 0.1) is 5.82 Å². The van der Waals surface area contributed by atoms with E-state index >= 15 is 0 Å². The minimum Gasteiger partial charge on any atom is -0.311 e. The summed E-state index contributed by atoms with van der Waals surface area (Å²) in [6.45, 7) is 0. The Balaban J connectivity index is 2.18. The predicted octanol–water partition coefficient (Wildman–Crippen LogP) is 3.25. The molecule has 1 unspecified atom stereocenters. The Morgan fingerprint density at radius 2 is 2.28 bits per heavy atom. The lowest BCUT2D eigenvalue weighted by Gasteiger charge is -2.24. The lowest BCUT2D eigenvalue weighted by Crippen LogP contribution is -2.25. The van der Waals surface area contributed by atoms with E-state index in [1.54, 1.807) is 6.07 Å². The molecule has 1 aliphatic heterocycles. The lowest BCUT2D eigenvalue weighted by atomic mass is 10.1. The second-order valence-electron chi connectivity index (χ2n) is 4.51. The zero-order chi connectivity index (χ0) is 12.7. The number of nitrogens with zero attached hydrogens (tertiary/aromatic N) is 2. The van der Waals surface area contributed by atoms with E-state index in [1.165, 1.54) is 12.1 Å². The first-order chi connectivity index (χ1) is 8.66. The summed E-state index contributed by atoms with van der Waals surface area (Å²) in [5.74, 6) is 0.480. The molecule has 0 saturated carbocycles. The van der Waals surface area contributed by atoms with Gasteiger partial charge in [-0.05, 0) is 47.3 Å². The van der Waals surface area contributed by atoms with Crippen molar-refractivity contribution in [2.75, 3.05) is 0 Å². The van der Waals surface area contributed by atoms with E-state index in [2.05, 4.69) is 20.9 Å². The van der Waals surface area contributed by atoms with Gasteiger partial charge >= 0.3 is 0 Å². The van der Waals surface area contributed by atoms with Crippen LogP contribution in [0.3, 0.4) is 0 Å². The van der Waals surface area contributed by atoms with Gasteiger partial charge in [-0.25, -0.2) is 9.37 Å². The van der Waals surface area contributed by atoms with Crippen molar-refractivity contribution in [3.63, 3.8) is 0 Å². The molecule has 5 heteroatoms. The summed E-state index contributed by atoms with van der Waals surface area (Å²) in [5.41, 5.74) is 8.01. The minimum absolute atomic E-state index is 0.0779. The third-order valence-electron chi connectivity index (χ3n) is 3.29. The van der Waals surface area contributed by atoms with E-state index in [4.69, 9.17) is 5.73 Å². The standard InChI is InChI=1S/C13H13BrFN3/c14-12-10-5-2-6-11(16)18(10)13(17-12)8-3-1-4-9(15)7-8/h1,3-4,7,11H,2,5-6,16H2. The van der Waals surface area contributed by atoms with Crippen LogP contribution in [0.25, 0.3) is 11.4 Å². The number of halogens is 2. The van der Waals surface area contributed by atoms with E-state index in [0.29, 0.717) is 0 Å². The largest absolute Gasteiger partial charge is 0.311 e. The van der Waals surface area contributed by atoms with E-state index in [1.807, 2.05) is 10.6 Å². The summed E-state index contributed by atoms with van der Waals surface area (Å²) in [6.07, 6.45) is 2.87. The van der Waals surface area contributed by atoms with Crippen LogP contribution in [0.1, 0.15) is 24.7 Å². The molecule has 3 rings (SSSR count). The molecule has 0 spiro atoms. The molecule has 1 aliphatic rings. The van der Waals surface area contributed by atoms with Crippen LogP contribution in [0.4, 0.5) is 4.39 Å². The second-order valence-corrected chi connectivity index (χ2v) is 5.26. The first-order valence-corrected chi connectivity index (χ1v) is 6.74. The highest BCUT2D eigenvalue weighted by Crippen LogP contribution is 2.33. The van der Waals surface area contributed by atoms with Crippen molar-refractivity contribution in [3.05, 3.63) is 40.4 Å². The molecule has 2 aromatic rings. The van der Waals surface area contributed by atoms with Crippen LogP contribution in [0.5, 0.6) is 0 Å². The quantitative estimate of drug-likeness (QED) is 0.879. The van der Waals surface area contributed by atoms with Crippen molar-refractivity contribution in [1.29, 1.82) is 0 Å². The van der Waals surface area contributed by atoms with Crippen LogP contribution in [-0.2, 0) is 6.42 Å². The molecular weight excluding hydrogens is 297 g/mol. The molecule has 0 aliphatic carbocycles. The fraction of sp³-hybridized carbons (Fsp3) is 0.308. The van der Waals surface area contributed by atoms with Crippen molar-refractivity contribution >= 4 is 15.9 Å². The van der Waals surface area contributed by atoms with Gasteiger partial charge in [0.25, 0.3) is 0 Å². The van der Waals surface area contributed by atoms with Crippen molar-refractivity contribution in [2.24, 2.45) is 5.73 Å². The van der Waals surface area contributed by atoms with Gasteiger partial charge in [0, 0.05) is 5.56 Å². The van der Waals surface area contributed by atoms with Crippen LogP contribution in [0.15, 0.2) is 28.9 Å². The van der Waals surface area contributed by atoms with Crippen LogP contribution in [-0.4, -0.2) is 9.55 Å². The highest BCUT2D eigenvalue weighted by Gasteiger charge is 2.24. The first-order valence-electron chi connectivity index (χ1n) is 5.95. The average Bonchev–Trinajstić information content (AvgIpc) is 2.69. The topological polar surface area (TPSA) is 43.8 Å². The van der Waals surface area contributed by atoms with E-state index in [-0.39, 0.29) is 12.0 Å². The maximum atomic E-state index is 13.3. The van der Waals surface area contributed by atoms with Gasteiger partial charge in [-0.1, -0.05) is 12.1 Å². The number of hydrogen-bond donors (Lipinski definition) is 1. The zero-order valence-electron chi connectivity index (χ0n) is 9.74. The van der Waals surface area contributed by atoms with E-state index in [9.17, 15) is 4.39 Å². The van der Waals surface area contributed by atoms with Gasteiger partial charge in [0.15, 0.2) is 0 Å². The summed E-state index contributed by atoms with van der Waals surface area (Å²) < 4.78 is 16.1. The summed E-state index contributed by atoms with van der Waals surface area (Å²) in [7, 11) is 0. The Kier molecular flexibility index (Phi) is 2.95. The minimum atomic E-state index is -0.259. The van der Waals surface area contributed by atoms with Crippen LogP contribution >= 0.6 is 15.9 Å². The maximum absolute atomic E-state index is 13.3. The Morgan fingerprint density at radius 1 is 1.44 bits per heavy atom. The molecular formula is C13H13BrFN3. The van der Waals surface area contributed by atoms with Gasteiger partial charge in [0.1, 0.15) is 16.2 Å². The number of aromatic nitrogens is 2. The Labute approximate surface area is 113 Å². The van der Waals surface area contributed by atoms with Crippen molar-refractivity contribution in [1.82, 2.24) is 9.55 Å². The number of benzene rings is 1. The fourth-order valence-corrected chi connectivity index (χ4v) is 3.02. The van der Waals surface area contributed by atoms with Gasteiger partial charge in [0.2, 0.25) is 0 Å². The van der Waals surface area contributed by atoms with Gasteiger partial charge in [-0.2, -0.15) is 0 Å². The Morgan fingerprint density at radius 3 is 3.06 bits per heavy atom. The molecule has 0 saturated heterocycles. The molecule has 1 aromatic carbocycles. The molecule has 2 N–H and O–H groups in total. The van der Waals surface area contributed by atoms with Gasteiger partial charge < -0.3 is 10.3 Å². The zero-order valence-corrected chi connectivity index (χ0v) is 11.3. The van der Waals surface area contributed by atoms with E-state index in [0.717, 1.165) is 40.9 Å². The molecule has 18 heavy (non-hydrogen) atoms. The van der Waals surface area contributed by atoms with Gasteiger partial charge in [0.05, 0.1) is 11.9 Å². The molecule has 1 atom stereocenters. The number of fused-ring (bicyclic) bond motifs is 1. The average molecular weight is 310 g/mol. The highest BCUT2D eigenvalue weighted by atomic mass is 79.9. The number of imidazole rings is 1. The molecule has 1 aromatic heterocycles.